The van der Waals surface area contributed by atoms with E-state index < -0.39 is 0 Å². The van der Waals surface area contributed by atoms with Crippen LogP contribution in [0, 0.1) is 6.92 Å². The summed E-state index contributed by atoms with van der Waals surface area (Å²) in [6, 6.07) is 3.77. The molecular weight excluding hydrogens is 368 g/mol. The first-order chi connectivity index (χ1) is 12.5. The average Bonchev–Trinajstić information content (AvgIpc) is 3.23. The van der Waals surface area contributed by atoms with Crippen LogP contribution in [0.2, 0.25) is 0 Å². The van der Waals surface area contributed by atoms with Crippen LogP contribution in [0.25, 0.3) is 11.7 Å². The van der Waals surface area contributed by atoms with Gasteiger partial charge in [0.2, 0.25) is 0 Å². The summed E-state index contributed by atoms with van der Waals surface area (Å²) in [5.41, 5.74) is 1.88. The van der Waals surface area contributed by atoms with Crippen LogP contribution >= 0.6 is 24.0 Å². The molecule has 0 unspecified atom stereocenters. The molecule has 0 N–H and O–H groups in total. The summed E-state index contributed by atoms with van der Waals surface area (Å²) in [6.45, 7) is 3.67. The zero-order chi connectivity index (χ0) is 18.4. The highest BCUT2D eigenvalue weighted by atomic mass is 32.2. The molecule has 6 nitrogen and oxygen atoms in total. The van der Waals surface area contributed by atoms with Gasteiger partial charge in [0.1, 0.15) is 15.8 Å². The first kappa shape index (κ1) is 17.2. The van der Waals surface area contributed by atoms with Gasteiger partial charge >= 0.3 is 0 Å². The van der Waals surface area contributed by atoms with Gasteiger partial charge in [-0.15, -0.1) is 0 Å². The van der Waals surface area contributed by atoms with Crippen LogP contribution < -0.4 is 10.5 Å². The number of likely N-dealkylation sites (N-methyl/N-ethyl adjacent to an activating group) is 1. The summed E-state index contributed by atoms with van der Waals surface area (Å²) < 4.78 is 2.04. The number of hydrogen-bond donors (Lipinski definition) is 0. The van der Waals surface area contributed by atoms with E-state index in [2.05, 4.69) is 4.90 Å². The molecule has 0 atom stereocenters. The normalized spacial score (nSPS) is 19.4. The Bertz CT molecular complexity index is 1020. The second-order valence-corrected chi connectivity index (χ2v) is 8.15. The standard InChI is InChI=1S/C18H18N4O2S2/c1-11-6-5-9-22-14(11)19-15(21-7-3-4-8-21)12(16(22)23)10-13-17(24)20(2)18(25)26-13/h5-6,9-10H,3-4,7-8H2,1-2H3. The van der Waals surface area contributed by atoms with E-state index in [-0.39, 0.29) is 11.5 Å². The molecule has 2 aromatic rings. The van der Waals surface area contributed by atoms with Crippen LogP contribution in [-0.2, 0) is 4.79 Å². The Morgan fingerprint density at radius 3 is 2.65 bits per heavy atom. The number of thioether (sulfide) groups is 1. The van der Waals surface area contributed by atoms with E-state index in [1.54, 1.807) is 23.7 Å². The summed E-state index contributed by atoms with van der Waals surface area (Å²) in [7, 11) is 1.65. The summed E-state index contributed by atoms with van der Waals surface area (Å²) in [4.78, 5) is 34.4. The molecule has 8 heteroatoms. The smallest absolute Gasteiger partial charge is 0.267 e. The van der Waals surface area contributed by atoms with Crippen LogP contribution in [0.4, 0.5) is 5.82 Å². The van der Waals surface area contributed by atoms with Crippen LogP contribution in [-0.4, -0.2) is 44.6 Å². The Hall–Kier alpha value is -2.19. The van der Waals surface area contributed by atoms with E-state index in [9.17, 15) is 9.59 Å². The maximum Gasteiger partial charge on any atom is 0.267 e. The fourth-order valence-corrected chi connectivity index (χ4v) is 4.43. The number of nitrogens with zero attached hydrogens (tertiary/aromatic N) is 4. The van der Waals surface area contributed by atoms with E-state index in [1.807, 2.05) is 19.1 Å². The molecule has 0 radical (unpaired) electrons. The predicted octanol–water partition coefficient (Wildman–Crippen LogP) is 2.43. The van der Waals surface area contributed by atoms with Gasteiger partial charge in [-0.3, -0.25) is 18.9 Å². The number of aryl methyl sites for hydroxylation is 1. The Kier molecular flexibility index (Phi) is 4.32. The van der Waals surface area contributed by atoms with Gasteiger partial charge in [0.05, 0.1) is 10.5 Å². The maximum atomic E-state index is 13.2. The average molecular weight is 387 g/mol. The molecule has 0 aromatic carbocycles. The number of anilines is 1. The Morgan fingerprint density at radius 2 is 2.00 bits per heavy atom. The second-order valence-electron chi connectivity index (χ2n) is 6.47. The summed E-state index contributed by atoms with van der Waals surface area (Å²) in [5, 5.41) is 0. The van der Waals surface area contributed by atoms with Crippen molar-refractivity contribution in [3.8, 4) is 0 Å². The largest absolute Gasteiger partial charge is 0.356 e. The molecule has 2 aliphatic rings. The van der Waals surface area contributed by atoms with Gasteiger partial charge in [-0.1, -0.05) is 30.0 Å². The second kappa shape index (κ2) is 6.51. The van der Waals surface area contributed by atoms with E-state index in [0.717, 1.165) is 31.5 Å². The molecule has 4 rings (SSSR count). The number of thiocarbonyl (C=S) groups is 1. The number of fused-ring (bicyclic) bond motifs is 1. The number of carbonyl (C=O) groups is 1. The molecule has 2 saturated heterocycles. The van der Waals surface area contributed by atoms with Crippen LogP contribution in [0.5, 0.6) is 0 Å². The molecule has 2 aromatic heterocycles. The molecule has 1 amide bonds. The van der Waals surface area contributed by atoms with Gasteiger partial charge < -0.3 is 4.90 Å². The molecule has 2 fully saturated rings. The number of carbonyl (C=O) groups excluding carboxylic acids is 1. The first-order valence-corrected chi connectivity index (χ1v) is 9.68. The fourth-order valence-electron chi connectivity index (χ4n) is 3.27. The molecule has 0 aliphatic carbocycles. The third-order valence-corrected chi connectivity index (χ3v) is 6.22. The maximum absolute atomic E-state index is 13.2. The molecule has 0 saturated carbocycles. The summed E-state index contributed by atoms with van der Waals surface area (Å²) in [5.74, 6) is 0.476. The number of rotatable bonds is 2. The topological polar surface area (TPSA) is 57.9 Å². The lowest BCUT2D eigenvalue weighted by Gasteiger charge is -2.20. The van der Waals surface area contributed by atoms with Crippen LogP contribution in [0.15, 0.2) is 28.0 Å². The number of pyridine rings is 1. The van der Waals surface area contributed by atoms with Gasteiger partial charge in [-0.05, 0) is 37.5 Å². The van der Waals surface area contributed by atoms with Crippen LogP contribution in [0.3, 0.4) is 0 Å². The predicted molar refractivity (Wildman–Crippen MR) is 109 cm³/mol. The highest BCUT2D eigenvalue weighted by molar-refractivity contribution is 8.26. The number of aromatic nitrogens is 2. The molecule has 134 valence electrons. The Labute approximate surface area is 160 Å². The van der Waals surface area contributed by atoms with Gasteiger partial charge in [0, 0.05) is 26.3 Å². The van der Waals surface area contributed by atoms with E-state index >= 15 is 0 Å². The summed E-state index contributed by atoms with van der Waals surface area (Å²) in [6.07, 6.45) is 5.52. The first-order valence-electron chi connectivity index (χ1n) is 8.46. The SMILES string of the molecule is Cc1cccn2c(=O)c(C=C3SC(=S)N(C)C3=O)c(N3CCCC3)nc12. The number of amides is 1. The fraction of sp³-hybridized carbons (Fsp3) is 0.333. The van der Waals surface area contributed by atoms with Crippen molar-refractivity contribution in [3.63, 3.8) is 0 Å². The molecular formula is C18H18N4O2S2. The molecule has 26 heavy (non-hydrogen) atoms. The van der Waals surface area contributed by atoms with Crippen molar-refractivity contribution in [2.24, 2.45) is 0 Å². The monoisotopic (exact) mass is 386 g/mol. The van der Waals surface area contributed by atoms with E-state index in [4.69, 9.17) is 17.2 Å². The van der Waals surface area contributed by atoms with Crippen molar-refractivity contribution in [3.05, 3.63) is 44.7 Å². The number of hydrogen-bond acceptors (Lipinski definition) is 6. The minimum absolute atomic E-state index is 0.165. The quantitative estimate of drug-likeness (QED) is 0.584. The van der Waals surface area contributed by atoms with Crippen molar-refractivity contribution < 1.29 is 4.79 Å². The lowest BCUT2D eigenvalue weighted by molar-refractivity contribution is -0.121. The Balaban J connectivity index is 1.96. The third-order valence-electron chi connectivity index (χ3n) is 4.73. The van der Waals surface area contributed by atoms with Crippen molar-refractivity contribution in [1.82, 2.24) is 14.3 Å². The third kappa shape index (κ3) is 2.73. The zero-order valence-corrected chi connectivity index (χ0v) is 16.2. The lowest BCUT2D eigenvalue weighted by Crippen LogP contribution is -2.27. The van der Waals surface area contributed by atoms with Crippen molar-refractivity contribution >= 4 is 51.7 Å². The molecule has 2 aliphatic heterocycles. The van der Waals surface area contributed by atoms with Crippen molar-refractivity contribution in [2.45, 2.75) is 19.8 Å². The van der Waals surface area contributed by atoms with E-state index in [1.165, 1.54) is 16.7 Å². The molecule has 0 spiro atoms. The Morgan fingerprint density at radius 1 is 1.27 bits per heavy atom. The summed E-state index contributed by atoms with van der Waals surface area (Å²) >= 11 is 6.42. The zero-order valence-electron chi connectivity index (χ0n) is 14.6. The van der Waals surface area contributed by atoms with E-state index in [0.29, 0.717) is 26.3 Å². The van der Waals surface area contributed by atoms with Crippen LogP contribution in [0.1, 0.15) is 24.0 Å². The van der Waals surface area contributed by atoms with Crippen molar-refractivity contribution in [1.29, 1.82) is 0 Å². The molecule has 4 heterocycles. The van der Waals surface area contributed by atoms with Gasteiger partial charge in [-0.25, -0.2) is 4.98 Å². The minimum Gasteiger partial charge on any atom is -0.356 e. The minimum atomic E-state index is -0.180. The highest BCUT2D eigenvalue weighted by Crippen LogP contribution is 2.33. The lowest BCUT2D eigenvalue weighted by atomic mass is 10.2. The van der Waals surface area contributed by atoms with Gasteiger partial charge in [0.15, 0.2) is 0 Å². The van der Waals surface area contributed by atoms with Crippen molar-refractivity contribution in [2.75, 3.05) is 25.0 Å². The van der Waals surface area contributed by atoms with Gasteiger partial charge in [0.25, 0.3) is 11.5 Å². The highest BCUT2D eigenvalue weighted by Gasteiger charge is 2.30. The molecule has 0 bridgehead atoms. The van der Waals surface area contributed by atoms with Gasteiger partial charge in [-0.2, -0.15) is 0 Å².